The van der Waals surface area contributed by atoms with Crippen molar-refractivity contribution >= 4 is 17.0 Å². The summed E-state index contributed by atoms with van der Waals surface area (Å²) < 4.78 is 0. The summed E-state index contributed by atoms with van der Waals surface area (Å²) in [7, 11) is 0. The van der Waals surface area contributed by atoms with Crippen molar-refractivity contribution in [2.75, 3.05) is 6.54 Å². The predicted octanol–water partition coefficient (Wildman–Crippen LogP) is 3.41. The Labute approximate surface area is 108 Å². The third-order valence-electron chi connectivity index (χ3n) is 3.77. The second-order valence-electron chi connectivity index (χ2n) is 5.07. The zero-order chi connectivity index (χ0) is 12.4. The van der Waals surface area contributed by atoms with Crippen LogP contribution in [0.3, 0.4) is 0 Å². The van der Waals surface area contributed by atoms with E-state index in [9.17, 15) is 0 Å². The van der Waals surface area contributed by atoms with E-state index in [1.807, 2.05) is 0 Å². The highest BCUT2D eigenvalue weighted by molar-refractivity contribution is 5.87. The molecule has 18 heavy (non-hydrogen) atoms. The van der Waals surface area contributed by atoms with Crippen LogP contribution in [-0.4, -0.2) is 11.5 Å². The van der Waals surface area contributed by atoms with Crippen LogP contribution in [0.5, 0.6) is 0 Å². The molecule has 94 valence electrons. The van der Waals surface area contributed by atoms with E-state index in [1.54, 1.807) is 5.56 Å². The summed E-state index contributed by atoms with van der Waals surface area (Å²) >= 11 is 0. The standard InChI is InChI=1S/C16H20N2/c17-10-4-3-5-12-8-9-16-14(11-12)13-6-1-2-7-15(13)18-16/h3,5,8-9,11,18H,1-2,4,6-7,10,17H2. The largest absolute Gasteiger partial charge is 0.358 e. The van der Waals surface area contributed by atoms with Gasteiger partial charge in [0.05, 0.1) is 0 Å². The molecule has 0 aliphatic heterocycles. The third kappa shape index (κ3) is 2.08. The lowest BCUT2D eigenvalue weighted by molar-refractivity contribution is 0.680. The fraction of sp³-hybridized carbons (Fsp3) is 0.375. The molecule has 0 saturated carbocycles. The minimum atomic E-state index is 0.721. The Morgan fingerprint density at radius 1 is 1.22 bits per heavy atom. The molecule has 3 N–H and O–H groups in total. The number of benzene rings is 1. The summed E-state index contributed by atoms with van der Waals surface area (Å²) in [6.07, 6.45) is 10.4. The van der Waals surface area contributed by atoms with E-state index in [0.717, 1.165) is 13.0 Å². The highest BCUT2D eigenvalue weighted by Gasteiger charge is 2.14. The lowest BCUT2D eigenvalue weighted by Gasteiger charge is -2.10. The minimum Gasteiger partial charge on any atom is -0.358 e. The number of nitrogens with one attached hydrogen (secondary N) is 1. The molecule has 0 spiro atoms. The molecule has 0 saturated heterocycles. The number of rotatable bonds is 3. The number of fused-ring (bicyclic) bond motifs is 3. The average Bonchev–Trinajstić information content (AvgIpc) is 2.77. The van der Waals surface area contributed by atoms with Gasteiger partial charge in [-0.25, -0.2) is 0 Å². The van der Waals surface area contributed by atoms with E-state index >= 15 is 0 Å². The second-order valence-corrected chi connectivity index (χ2v) is 5.07. The van der Waals surface area contributed by atoms with Gasteiger partial charge in [0, 0.05) is 16.6 Å². The highest BCUT2D eigenvalue weighted by Crippen LogP contribution is 2.29. The molecule has 0 atom stereocenters. The lowest BCUT2D eigenvalue weighted by atomic mass is 9.95. The van der Waals surface area contributed by atoms with Crippen LogP contribution in [0.1, 0.15) is 36.1 Å². The van der Waals surface area contributed by atoms with Crippen molar-refractivity contribution in [3.05, 3.63) is 41.1 Å². The average molecular weight is 240 g/mol. The SMILES string of the molecule is NCCC=Cc1ccc2[nH]c3c(c2c1)CCCC3. The van der Waals surface area contributed by atoms with Gasteiger partial charge in [0.2, 0.25) is 0 Å². The first kappa shape index (κ1) is 11.5. The summed E-state index contributed by atoms with van der Waals surface area (Å²) in [5.41, 5.74) is 11.1. The number of aromatic nitrogens is 1. The number of aromatic amines is 1. The smallest absolute Gasteiger partial charge is 0.0459 e. The first-order chi connectivity index (χ1) is 8.88. The zero-order valence-corrected chi connectivity index (χ0v) is 10.7. The highest BCUT2D eigenvalue weighted by atomic mass is 14.7. The Bertz CT molecular complexity index is 578. The van der Waals surface area contributed by atoms with E-state index in [0.29, 0.717) is 0 Å². The molecule has 1 aliphatic rings. The van der Waals surface area contributed by atoms with Gasteiger partial charge in [0.15, 0.2) is 0 Å². The minimum absolute atomic E-state index is 0.721. The van der Waals surface area contributed by atoms with Gasteiger partial charge in [-0.05, 0) is 61.9 Å². The molecule has 0 radical (unpaired) electrons. The van der Waals surface area contributed by atoms with Crippen molar-refractivity contribution in [1.29, 1.82) is 0 Å². The van der Waals surface area contributed by atoms with Gasteiger partial charge in [0.25, 0.3) is 0 Å². The maximum Gasteiger partial charge on any atom is 0.0459 e. The summed E-state index contributed by atoms with van der Waals surface area (Å²) in [4.78, 5) is 3.57. The Morgan fingerprint density at radius 3 is 3.00 bits per heavy atom. The van der Waals surface area contributed by atoms with Crippen LogP contribution in [0.25, 0.3) is 17.0 Å². The third-order valence-corrected chi connectivity index (χ3v) is 3.77. The van der Waals surface area contributed by atoms with Crippen LogP contribution >= 0.6 is 0 Å². The van der Waals surface area contributed by atoms with E-state index < -0.39 is 0 Å². The fourth-order valence-electron chi connectivity index (χ4n) is 2.84. The van der Waals surface area contributed by atoms with Crippen molar-refractivity contribution in [3.63, 3.8) is 0 Å². The van der Waals surface area contributed by atoms with E-state index in [-0.39, 0.29) is 0 Å². The summed E-state index contributed by atoms with van der Waals surface area (Å²) in [6.45, 7) is 0.721. The molecule has 0 amide bonds. The predicted molar refractivity (Wildman–Crippen MR) is 77.6 cm³/mol. The van der Waals surface area contributed by atoms with Crippen LogP contribution in [0, 0.1) is 0 Å². The van der Waals surface area contributed by atoms with Gasteiger partial charge in [-0.3, -0.25) is 0 Å². The number of nitrogens with two attached hydrogens (primary N) is 1. The van der Waals surface area contributed by atoms with Crippen molar-refractivity contribution in [2.24, 2.45) is 5.73 Å². The van der Waals surface area contributed by atoms with Crippen LogP contribution in [0.4, 0.5) is 0 Å². The molecule has 0 bridgehead atoms. The van der Waals surface area contributed by atoms with Crippen LogP contribution in [0.15, 0.2) is 24.3 Å². The van der Waals surface area contributed by atoms with Crippen LogP contribution < -0.4 is 5.73 Å². The maximum absolute atomic E-state index is 5.50. The van der Waals surface area contributed by atoms with Gasteiger partial charge in [-0.1, -0.05) is 18.2 Å². The number of hydrogen-bond donors (Lipinski definition) is 2. The summed E-state index contributed by atoms with van der Waals surface area (Å²) in [5, 5.41) is 1.42. The normalized spacial score (nSPS) is 15.4. The molecule has 0 unspecified atom stereocenters. The Balaban J connectivity index is 2.00. The maximum atomic E-state index is 5.50. The van der Waals surface area contributed by atoms with Gasteiger partial charge in [-0.15, -0.1) is 0 Å². The molecular formula is C16H20N2. The topological polar surface area (TPSA) is 41.8 Å². The number of H-pyrrole nitrogens is 1. The Kier molecular flexibility index (Phi) is 3.20. The lowest BCUT2D eigenvalue weighted by Crippen LogP contribution is -1.99. The van der Waals surface area contributed by atoms with Crippen molar-refractivity contribution in [3.8, 4) is 0 Å². The van der Waals surface area contributed by atoms with E-state index in [2.05, 4.69) is 35.3 Å². The first-order valence-corrected chi connectivity index (χ1v) is 6.88. The molecule has 2 nitrogen and oxygen atoms in total. The van der Waals surface area contributed by atoms with Crippen molar-refractivity contribution in [1.82, 2.24) is 4.98 Å². The van der Waals surface area contributed by atoms with Crippen LogP contribution in [-0.2, 0) is 12.8 Å². The van der Waals surface area contributed by atoms with E-state index in [1.165, 1.54) is 47.8 Å². The molecule has 2 heteroatoms. The molecule has 0 fully saturated rings. The molecule has 2 aromatic rings. The molecule has 1 aromatic heterocycles. The summed E-state index contributed by atoms with van der Waals surface area (Å²) in [6, 6.07) is 6.69. The Morgan fingerprint density at radius 2 is 2.11 bits per heavy atom. The van der Waals surface area contributed by atoms with Gasteiger partial charge in [0.1, 0.15) is 0 Å². The molecule has 1 heterocycles. The zero-order valence-electron chi connectivity index (χ0n) is 10.7. The first-order valence-electron chi connectivity index (χ1n) is 6.88. The van der Waals surface area contributed by atoms with Gasteiger partial charge in [-0.2, -0.15) is 0 Å². The second kappa shape index (κ2) is 4.99. The van der Waals surface area contributed by atoms with E-state index in [4.69, 9.17) is 5.73 Å². The Hall–Kier alpha value is -1.54. The molecule has 3 rings (SSSR count). The fourth-order valence-corrected chi connectivity index (χ4v) is 2.84. The quantitative estimate of drug-likeness (QED) is 0.848. The number of hydrogen-bond acceptors (Lipinski definition) is 1. The van der Waals surface area contributed by atoms with Crippen molar-refractivity contribution < 1.29 is 0 Å². The molecular weight excluding hydrogens is 220 g/mol. The molecule has 1 aliphatic carbocycles. The number of aryl methyl sites for hydroxylation is 2. The van der Waals surface area contributed by atoms with Gasteiger partial charge < -0.3 is 10.7 Å². The summed E-state index contributed by atoms with van der Waals surface area (Å²) in [5.74, 6) is 0. The van der Waals surface area contributed by atoms with Gasteiger partial charge >= 0.3 is 0 Å². The molecule has 1 aromatic carbocycles. The van der Waals surface area contributed by atoms with Crippen LogP contribution in [0.2, 0.25) is 0 Å². The monoisotopic (exact) mass is 240 g/mol. The van der Waals surface area contributed by atoms with Crippen molar-refractivity contribution in [2.45, 2.75) is 32.1 Å².